The monoisotopic (exact) mass is 744 g/mol. The Hall–Kier alpha value is -3.40. The van der Waals surface area contributed by atoms with Gasteiger partial charge in [0.15, 0.2) is 6.29 Å². The minimum atomic E-state index is -1.26. The number of rotatable bonds is 16. The number of methoxy groups -OCH3 is 1. The first-order valence-electron chi connectivity index (χ1n) is 19.0. The molecule has 7 heteroatoms. The van der Waals surface area contributed by atoms with Gasteiger partial charge in [0, 0.05) is 7.11 Å². The Morgan fingerprint density at radius 3 is 1.69 bits per heavy atom. The predicted octanol–water partition coefficient (Wildman–Crippen LogP) is 9.19. The normalized spacial score (nSPS) is 28.0. The lowest BCUT2D eigenvalue weighted by Gasteiger charge is -2.42. The van der Waals surface area contributed by atoms with Gasteiger partial charge in [-0.1, -0.05) is 151 Å². The summed E-state index contributed by atoms with van der Waals surface area (Å²) in [5, 5.41) is 41.8. The topological polar surface area (TPSA) is 109 Å². The molecule has 4 N–H and O–H groups in total. The van der Waals surface area contributed by atoms with Crippen LogP contribution in [0.15, 0.2) is 142 Å². The molecule has 1 aliphatic carbocycles. The number of aliphatic hydroxyl groups is 4. The van der Waals surface area contributed by atoms with Crippen LogP contribution in [0.5, 0.6) is 0 Å². The third-order valence-corrected chi connectivity index (χ3v) is 9.54. The van der Waals surface area contributed by atoms with E-state index in [0.717, 1.165) is 35.1 Å². The molecule has 298 valence electrons. The summed E-state index contributed by atoms with van der Waals surface area (Å²) in [5.74, 6) is 0. The van der Waals surface area contributed by atoms with Gasteiger partial charge in [-0.15, -0.1) is 0 Å². The van der Waals surface area contributed by atoms with E-state index >= 15 is 0 Å². The molecule has 0 saturated carbocycles. The maximum atomic E-state index is 10.7. The molecule has 0 bridgehead atoms. The Kier molecular flexibility index (Phi) is 19.2. The number of aliphatic hydroxyl groups excluding tert-OH is 3. The first-order valence-corrected chi connectivity index (χ1v) is 19.0. The Balaban J connectivity index is 1.91. The van der Waals surface area contributed by atoms with Crippen molar-refractivity contribution in [2.75, 3.05) is 7.11 Å². The van der Waals surface area contributed by atoms with Crippen LogP contribution in [0.1, 0.15) is 89.0 Å². The summed E-state index contributed by atoms with van der Waals surface area (Å²) < 4.78 is 16.9. The molecule has 0 spiro atoms. The van der Waals surface area contributed by atoms with Gasteiger partial charge in [-0.2, -0.15) is 0 Å². The van der Waals surface area contributed by atoms with Crippen LogP contribution in [-0.2, 0) is 14.2 Å². The molecular weight excluding hydrogens is 677 g/mol. The van der Waals surface area contributed by atoms with E-state index in [1.165, 1.54) is 23.8 Å². The van der Waals surface area contributed by atoms with Crippen molar-refractivity contribution in [1.29, 1.82) is 0 Å². The van der Waals surface area contributed by atoms with Gasteiger partial charge in [0.05, 0.1) is 17.8 Å². The van der Waals surface area contributed by atoms with Gasteiger partial charge in [-0.3, -0.25) is 0 Å². The average molecular weight is 745 g/mol. The van der Waals surface area contributed by atoms with Crippen LogP contribution in [0.25, 0.3) is 0 Å². The fraction of sp³-hybridized carbons (Fsp3) is 0.489. The fourth-order valence-corrected chi connectivity index (χ4v) is 6.36. The summed E-state index contributed by atoms with van der Waals surface area (Å²) in [6.45, 7) is 21.7. The maximum Gasteiger partial charge on any atom is 0.187 e. The lowest BCUT2D eigenvalue weighted by Crippen LogP contribution is -2.59. The van der Waals surface area contributed by atoms with E-state index in [0.29, 0.717) is 0 Å². The number of allylic oxidation sites excluding steroid dienone is 22. The summed E-state index contributed by atoms with van der Waals surface area (Å²) in [6.07, 6.45) is 30.3. The minimum absolute atomic E-state index is 0.0166. The van der Waals surface area contributed by atoms with E-state index in [-0.39, 0.29) is 11.5 Å². The van der Waals surface area contributed by atoms with Gasteiger partial charge in [-0.25, -0.2) is 0 Å². The second kappa shape index (κ2) is 22.2. The maximum absolute atomic E-state index is 10.7. The molecular formula is C47H68O7. The van der Waals surface area contributed by atoms with Gasteiger partial charge in [0.25, 0.3) is 0 Å². The molecule has 54 heavy (non-hydrogen) atoms. The van der Waals surface area contributed by atoms with Crippen LogP contribution in [-0.4, -0.2) is 76.1 Å². The van der Waals surface area contributed by atoms with Crippen LogP contribution >= 0.6 is 0 Å². The molecule has 0 radical (unpaired) electrons. The molecule has 0 aromatic carbocycles. The molecule has 0 aromatic heterocycles. The summed E-state index contributed by atoms with van der Waals surface area (Å²) in [5.41, 5.74) is 6.82. The van der Waals surface area contributed by atoms with Crippen molar-refractivity contribution >= 4 is 0 Å². The minimum Gasteiger partial charge on any atom is -0.393 e. The van der Waals surface area contributed by atoms with E-state index in [9.17, 15) is 20.4 Å². The number of hydrogen-bond donors (Lipinski definition) is 4. The smallest absolute Gasteiger partial charge is 0.187 e. The standard InChI is InChI=1S/C47H68O7/c1-32(18-13-14-19-33(2)21-16-24-35(4)26-28-40-37(6)30-39(48)31-46(40,8)9)20-15-22-34(3)23-17-25-36(5)27-29-41(47(10,11)51)54-45-43(50)44(52-12)42(49)38(7)53-45/h13-29,38-39,41-45,48-51H,30-31H2,1-12H3/b14-13+,20-15+,21-16+,23-17+,28-26+,29-27+,32-18+,33-19+,34-22+,35-24+,36-25+/t38-,39+,41-,42+,43-,44+,45-/m0/s1. The Labute approximate surface area is 326 Å². The van der Waals surface area contributed by atoms with Gasteiger partial charge in [-0.05, 0) is 86.1 Å². The van der Waals surface area contributed by atoms with Gasteiger partial charge >= 0.3 is 0 Å². The molecule has 0 aromatic rings. The molecule has 7 nitrogen and oxygen atoms in total. The van der Waals surface area contributed by atoms with E-state index < -0.39 is 42.4 Å². The van der Waals surface area contributed by atoms with Crippen LogP contribution in [0.2, 0.25) is 0 Å². The second-order valence-corrected chi connectivity index (χ2v) is 15.9. The summed E-state index contributed by atoms with van der Waals surface area (Å²) in [4.78, 5) is 0. The van der Waals surface area contributed by atoms with Gasteiger partial charge < -0.3 is 34.6 Å². The van der Waals surface area contributed by atoms with Crippen molar-refractivity contribution in [2.45, 2.75) is 138 Å². The molecule has 1 fully saturated rings. The molecule has 0 amide bonds. The van der Waals surface area contributed by atoms with Crippen molar-refractivity contribution in [3.8, 4) is 0 Å². The third kappa shape index (κ3) is 16.1. The molecule has 1 aliphatic heterocycles. The Bertz CT molecular complexity index is 1600. The zero-order valence-electron chi connectivity index (χ0n) is 34.8. The fourth-order valence-electron chi connectivity index (χ4n) is 6.36. The summed E-state index contributed by atoms with van der Waals surface area (Å²) >= 11 is 0. The van der Waals surface area contributed by atoms with Crippen LogP contribution in [0.4, 0.5) is 0 Å². The Morgan fingerprint density at radius 2 is 1.22 bits per heavy atom. The van der Waals surface area contributed by atoms with Crippen LogP contribution < -0.4 is 0 Å². The molecule has 1 heterocycles. The van der Waals surface area contributed by atoms with E-state index in [1.807, 2.05) is 62.5 Å². The van der Waals surface area contributed by atoms with E-state index in [2.05, 4.69) is 90.2 Å². The Morgan fingerprint density at radius 1 is 0.759 bits per heavy atom. The number of hydrogen-bond acceptors (Lipinski definition) is 7. The molecule has 7 atom stereocenters. The van der Waals surface area contributed by atoms with Gasteiger partial charge in [0.1, 0.15) is 24.4 Å². The van der Waals surface area contributed by atoms with Crippen molar-refractivity contribution < 1.29 is 34.6 Å². The molecule has 1 saturated heterocycles. The quantitative estimate of drug-likeness (QED) is 0.117. The van der Waals surface area contributed by atoms with Crippen molar-refractivity contribution in [2.24, 2.45) is 5.41 Å². The first-order chi connectivity index (χ1) is 25.2. The third-order valence-electron chi connectivity index (χ3n) is 9.54. The highest BCUT2D eigenvalue weighted by molar-refractivity contribution is 5.38. The highest BCUT2D eigenvalue weighted by atomic mass is 16.7. The summed E-state index contributed by atoms with van der Waals surface area (Å²) in [7, 11) is 1.42. The van der Waals surface area contributed by atoms with Crippen LogP contribution in [0, 0.1) is 5.41 Å². The van der Waals surface area contributed by atoms with Crippen LogP contribution in [0.3, 0.4) is 0 Å². The largest absolute Gasteiger partial charge is 0.393 e. The molecule has 2 aliphatic rings. The SMILES string of the molecule is CO[C@H]1[C@H](O)[C@H](O[C@@H](/C=C/C(C)=C/C=C/C(C)=C/C=C/C(C)=C/C=C/C=C(C)/C=C/C=C(C)/C=C/C2=C(C)C[C@@H](O)CC2(C)C)C(C)(C)O)O[C@@H](C)[C@H]1O. The second-order valence-electron chi connectivity index (χ2n) is 15.9. The van der Waals surface area contributed by atoms with Crippen molar-refractivity contribution in [3.05, 3.63) is 142 Å². The highest BCUT2D eigenvalue weighted by Gasteiger charge is 2.45. The van der Waals surface area contributed by atoms with E-state index in [1.54, 1.807) is 26.8 Å². The number of ether oxygens (including phenoxy) is 3. The van der Waals surface area contributed by atoms with Gasteiger partial charge in [0.2, 0.25) is 0 Å². The zero-order valence-corrected chi connectivity index (χ0v) is 34.8. The molecule has 0 unspecified atom stereocenters. The lowest BCUT2D eigenvalue weighted by atomic mass is 9.71. The first kappa shape index (κ1) is 46.8. The summed E-state index contributed by atoms with van der Waals surface area (Å²) in [6, 6.07) is 0. The zero-order chi connectivity index (χ0) is 40.6. The predicted molar refractivity (Wildman–Crippen MR) is 224 cm³/mol. The molecule has 2 rings (SSSR count). The van der Waals surface area contributed by atoms with Crippen molar-refractivity contribution in [1.82, 2.24) is 0 Å². The highest BCUT2D eigenvalue weighted by Crippen LogP contribution is 2.41. The van der Waals surface area contributed by atoms with Crippen molar-refractivity contribution in [3.63, 3.8) is 0 Å². The lowest BCUT2D eigenvalue weighted by molar-refractivity contribution is -0.312. The average Bonchev–Trinajstić information content (AvgIpc) is 3.06. The van der Waals surface area contributed by atoms with E-state index in [4.69, 9.17) is 14.2 Å².